The summed E-state index contributed by atoms with van der Waals surface area (Å²) in [4.78, 5) is 53.7. The fraction of sp³-hybridized carbons (Fsp3) is 0.200. The molecule has 0 bridgehead atoms. The molecule has 0 aliphatic carbocycles. The summed E-state index contributed by atoms with van der Waals surface area (Å²) >= 11 is 4.25. The summed E-state index contributed by atoms with van der Waals surface area (Å²) in [6.45, 7) is 2.53. The second-order valence-corrected chi connectivity index (χ2v) is 11.3. The van der Waals surface area contributed by atoms with Crippen molar-refractivity contribution in [2.24, 2.45) is 0 Å². The van der Waals surface area contributed by atoms with E-state index in [1.165, 1.54) is 5.56 Å². The number of aryl methyl sites for hydroxylation is 1. The number of amides is 4. The number of carbonyl (C=O) groups excluding carboxylic acids is 4. The van der Waals surface area contributed by atoms with Crippen LogP contribution < -0.4 is 10.1 Å². The van der Waals surface area contributed by atoms with E-state index in [1.807, 2.05) is 49.4 Å². The summed E-state index contributed by atoms with van der Waals surface area (Å²) < 4.78 is 6.23. The average molecular weight is 621 g/mol. The quantitative estimate of drug-likeness (QED) is 0.356. The Morgan fingerprint density at radius 1 is 1.05 bits per heavy atom. The molecule has 4 amide bonds. The summed E-state index contributed by atoms with van der Waals surface area (Å²) in [6, 6.07) is 20.6. The van der Waals surface area contributed by atoms with Crippen LogP contribution >= 0.6 is 27.7 Å². The lowest BCUT2D eigenvalue weighted by molar-refractivity contribution is -0.136. The Morgan fingerprint density at radius 3 is 2.55 bits per heavy atom. The summed E-state index contributed by atoms with van der Waals surface area (Å²) in [5.41, 5.74) is 4.74. The molecule has 40 heavy (non-hydrogen) atoms. The minimum absolute atomic E-state index is 0.179. The highest BCUT2D eigenvalue weighted by atomic mass is 79.9. The van der Waals surface area contributed by atoms with Crippen LogP contribution in [0.15, 0.2) is 76.1 Å². The number of carbonyl (C=O) groups is 4. The molecule has 0 radical (unpaired) electrons. The highest BCUT2D eigenvalue weighted by Crippen LogP contribution is 2.34. The van der Waals surface area contributed by atoms with E-state index in [0.717, 1.165) is 34.2 Å². The molecule has 8 nitrogen and oxygen atoms in total. The molecule has 0 spiro atoms. The molecular weight excluding hydrogens is 594 g/mol. The molecule has 0 unspecified atom stereocenters. The van der Waals surface area contributed by atoms with Crippen LogP contribution in [0, 0.1) is 6.92 Å². The zero-order chi connectivity index (χ0) is 28.2. The van der Waals surface area contributed by atoms with Gasteiger partial charge in [-0.1, -0.05) is 48.0 Å². The van der Waals surface area contributed by atoms with E-state index in [9.17, 15) is 19.2 Å². The van der Waals surface area contributed by atoms with Crippen LogP contribution in [0.4, 0.5) is 10.5 Å². The van der Waals surface area contributed by atoms with Crippen molar-refractivity contribution in [3.05, 3.63) is 98.4 Å². The standard InChI is InChI=1S/C30H26BrN3O5S/c1-19-6-9-23(10-7-19)32-27(35)18-39-25-11-8-20(14-24(25)31)15-26-29(37)34(30(38)40-26)17-28(36)33-13-12-21-4-2-3-5-22(21)16-33/h2-11,14-15H,12-13,16-18H2,1H3,(H,32,35)/b26-15-. The van der Waals surface area contributed by atoms with Crippen molar-refractivity contribution in [2.45, 2.75) is 19.9 Å². The third-order valence-electron chi connectivity index (χ3n) is 6.60. The van der Waals surface area contributed by atoms with E-state index in [4.69, 9.17) is 4.74 Å². The Labute approximate surface area is 244 Å². The normalized spacial score (nSPS) is 15.8. The number of ether oxygens (including phenoxy) is 1. The SMILES string of the molecule is Cc1ccc(NC(=O)COc2ccc(/C=C3\SC(=O)N(CC(=O)N4CCc5ccccc5C4)C3=O)cc2Br)cc1. The Bertz CT molecular complexity index is 1520. The molecule has 204 valence electrons. The lowest BCUT2D eigenvalue weighted by Crippen LogP contribution is -2.44. The Hall–Kier alpha value is -3.89. The van der Waals surface area contributed by atoms with Crippen molar-refractivity contribution in [3.8, 4) is 5.75 Å². The maximum absolute atomic E-state index is 13.0. The van der Waals surface area contributed by atoms with Gasteiger partial charge in [-0.05, 0) is 88.1 Å². The number of nitrogens with one attached hydrogen (secondary N) is 1. The van der Waals surface area contributed by atoms with E-state index in [-0.39, 0.29) is 29.9 Å². The largest absolute Gasteiger partial charge is 0.483 e. The molecule has 1 N–H and O–H groups in total. The summed E-state index contributed by atoms with van der Waals surface area (Å²) in [6.07, 6.45) is 2.35. The Kier molecular flexibility index (Phi) is 8.37. The molecule has 0 saturated carbocycles. The first-order chi connectivity index (χ1) is 19.3. The van der Waals surface area contributed by atoms with Gasteiger partial charge in [-0.2, -0.15) is 0 Å². The number of imide groups is 1. The number of rotatable bonds is 7. The van der Waals surface area contributed by atoms with Gasteiger partial charge in [0.05, 0.1) is 9.38 Å². The summed E-state index contributed by atoms with van der Waals surface area (Å²) in [7, 11) is 0. The van der Waals surface area contributed by atoms with Gasteiger partial charge in [-0.3, -0.25) is 24.1 Å². The van der Waals surface area contributed by atoms with E-state index in [0.29, 0.717) is 34.6 Å². The Morgan fingerprint density at radius 2 is 1.80 bits per heavy atom. The number of halogens is 1. The van der Waals surface area contributed by atoms with Crippen LogP contribution in [0.25, 0.3) is 6.08 Å². The fourth-order valence-electron chi connectivity index (χ4n) is 4.43. The average Bonchev–Trinajstić information content (AvgIpc) is 3.20. The van der Waals surface area contributed by atoms with Crippen LogP contribution in [-0.4, -0.2) is 52.5 Å². The van der Waals surface area contributed by atoms with Crippen LogP contribution in [0.2, 0.25) is 0 Å². The number of hydrogen-bond donors (Lipinski definition) is 1. The fourth-order valence-corrected chi connectivity index (χ4v) is 5.78. The molecule has 5 rings (SSSR count). The number of thioether (sulfide) groups is 1. The first-order valence-electron chi connectivity index (χ1n) is 12.7. The topological polar surface area (TPSA) is 96.0 Å². The first-order valence-corrected chi connectivity index (χ1v) is 14.3. The van der Waals surface area contributed by atoms with Crippen molar-refractivity contribution in [2.75, 3.05) is 25.0 Å². The van der Waals surface area contributed by atoms with Crippen molar-refractivity contribution in [1.29, 1.82) is 0 Å². The third kappa shape index (κ3) is 6.46. The predicted octanol–water partition coefficient (Wildman–Crippen LogP) is 5.40. The second-order valence-electron chi connectivity index (χ2n) is 9.49. The first kappa shape index (κ1) is 27.7. The molecule has 3 aromatic carbocycles. The molecule has 2 aliphatic rings. The van der Waals surface area contributed by atoms with Gasteiger partial charge >= 0.3 is 0 Å². The smallest absolute Gasteiger partial charge is 0.294 e. The van der Waals surface area contributed by atoms with Crippen molar-refractivity contribution < 1.29 is 23.9 Å². The number of benzene rings is 3. The highest BCUT2D eigenvalue weighted by molar-refractivity contribution is 9.10. The van der Waals surface area contributed by atoms with Crippen molar-refractivity contribution in [3.63, 3.8) is 0 Å². The minimum atomic E-state index is -0.495. The molecule has 10 heteroatoms. The van der Waals surface area contributed by atoms with E-state index < -0.39 is 11.1 Å². The molecule has 3 aromatic rings. The van der Waals surface area contributed by atoms with Crippen LogP contribution in [0.3, 0.4) is 0 Å². The van der Waals surface area contributed by atoms with Gasteiger partial charge in [-0.15, -0.1) is 0 Å². The summed E-state index contributed by atoms with van der Waals surface area (Å²) in [5.74, 6) is -0.589. The van der Waals surface area contributed by atoms with Crippen LogP contribution in [-0.2, 0) is 27.3 Å². The number of hydrogen-bond acceptors (Lipinski definition) is 6. The Balaban J connectivity index is 1.18. The van der Waals surface area contributed by atoms with Gasteiger partial charge in [0.1, 0.15) is 12.3 Å². The number of anilines is 1. The minimum Gasteiger partial charge on any atom is -0.483 e. The van der Waals surface area contributed by atoms with Gasteiger partial charge in [-0.25, -0.2) is 0 Å². The highest BCUT2D eigenvalue weighted by Gasteiger charge is 2.37. The monoisotopic (exact) mass is 619 g/mol. The number of nitrogens with zero attached hydrogens (tertiary/aromatic N) is 2. The second kappa shape index (κ2) is 12.1. The third-order valence-corrected chi connectivity index (χ3v) is 8.13. The van der Waals surface area contributed by atoms with Gasteiger partial charge in [0, 0.05) is 18.8 Å². The van der Waals surface area contributed by atoms with Gasteiger partial charge in [0.2, 0.25) is 5.91 Å². The summed E-state index contributed by atoms with van der Waals surface area (Å²) in [5, 5.41) is 2.31. The number of fused-ring (bicyclic) bond motifs is 1. The maximum Gasteiger partial charge on any atom is 0.294 e. The molecule has 1 fully saturated rings. The van der Waals surface area contributed by atoms with Gasteiger partial charge < -0.3 is 15.0 Å². The van der Waals surface area contributed by atoms with Crippen molar-refractivity contribution in [1.82, 2.24) is 9.80 Å². The van der Waals surface area contributed by atoms with E-state index >= 15 is 0 Å². The van der Waals surface area contributed by atoms with E-state index in [2.05, 4.69) is 27.3 Å². The van der Waals surface area contributed by atoms with Crippen molar-refractivity contribution >= 4 is 62.4 Å². The molecule has 1 saturated heterocycles. The molecule has 2 heterocycles. The maximum atomic E-state index is 13.0. The zero-order valence-electron chi connectivity index (χ0n) is 21.7. The van der Waals surface area contributed by atoms with Gasteiger partial charge in [0.25, 0.3) is 17.1 Å². The predicted molar refractivity (Wildman–Crippen MR) is 158 cm³/mol. The molecule has 2 aliphatic heterocycles. The molecular formula is C30H26BrN3O5S. The van der Waals surface area contributed by atoms with Crippen LogP contribution in [0.5, 0.6) is 5.75 Å². The lowest BCUT2D eigenvalue weighted by Gasteiger charge is -2.29. The lowest BCUT2D eigenvalue weighted by atomic mass is 10.00. The van der Waals surface area contributed by atoms with Gasteiger partial charge in [0.15, 0.2) is 6.61 Å². The van der Waals surface area contributed by atoms with Crippen LogP contribution in [0.1, 0.15) is 22.3 Å². The zero-order valence-corrected chi connectivity index (χ0v) is 24.1. The molecule has 0 aromatic heterocycles. The molecule has 0 atom stereocenters. The van der Waals surface area contributed by atoms with E-state index in [1.54, 1.807) is 29.2 Å².